The molecule has 0 fully saturated rings. The van der Waals surface area contributed by atoms with E-state index < -0.39 is 0 Å². The van der Waals surface area contributed by atoms with Gasteiger partial charge in [-0.1, -0.05) is 23.4 Å². The number of nitrogens with zero attached hydrogens (tertiary/aromatic N) is 3. The Morgan fingerprint density at radius 3 is 2.89 bits per heavy atom. The van der Waals surface area contributed by atoms with Crippen LogP contribution in [0.4, 0.5) is 5.82 Å². The third kappa shape index (κ3) is 2.85. The number of hydrogen-bond acceptors (Lipinski definition) is 4. The van der Waals surface area contributed by atoms with E-state index in [1.54, 1.807) is 20.4 Å². The number of ether oxygens (including phenoxy) is 1. The van der Waals surface area contributed by atoms with Crippen molar-refractivity contribution in [3.63, 3.8) is 0 Å². The van der Waals surface area contributed by atoms with Gasteiger partial charge in [0.25, 0.3) is 0 Å². The average Bonchev–Trinajstić information content (AvgIpc) is 2.75. The molecule has 18 heavy (non-hydrogen) atoms. The number of amides is 1. The van der Waals surface area contributed by atoms with Crippen molar-refractivity contribution in [2.75, 3.05) is 12.4 Å². The zero-order chi connectivity index (χ0) is 13.0. The normalized spacial score (nSPS) is 10.1. The Morgan fingerprint density at radius 1 is 1.44 bits per heavy atom. The summed E-state index contributed by atoms with van der Waals surface area (Å²) in [6, 6.07) is 7.41. The molecule has 1 amide bonds. The van der Waals surface area contributed by atoms with Gasteiger partial charge in [-0.3, -0.25) is 9.48 Å². The number of benzene rings is 1. The van der Waals surface area contributed by atoms with Crippen molar-refractivity contribution in [2.24, 2.45) is 7.05 Å². The first-order valence-electron chi connectivity index (χ1n) is 5.47. The molecule has 2 rings (SSSR count). The highest BCUT2D eigenvalue weighted by Gasteiger charge is 2.09. The van der Waals surface area contributed by atoms with E-state index >= 15 is 0 Å². The summed E-state index contributed by atoms with van der Waals surface area (Å²) in [4.78, 5) is 11.8. The second-order valence-corrected chi connectivity index (χ2v) is 3.81. The van der Waals surface area contributed by atoms with E-state index in [0.29, 0.717) is 11.6 Å². The van der Waals surface area contributed by atoms with Crippen LogP contribution in [0.3, 0.4) is 0 Å². The van der Waals surface area contributed by atoms with Gasteiger partial charge in [0.15, 0.2) is 5.82 Å². The summed E-state index contributed by atoms with van der Waals surface area (Å²) in [5.41, 5.74) is 0.835. The van der Waals surface area contributed by atoms with Gasteiger partial charge < -0.3 is 10.1 Å². The largest absolute Gasteiger partial charge is 0.496 e. The van der Waals surface area contributed by atoms with Gasteiger partial charge in [0.05, 0.1) is 19.7 Å². The van der Waals surface area contributed by atoms with Crippen LogP contribution < -0.4 is 10.1 Å². The van der Waals surface area contributed by atoms with Gasteiger partial charge in [-0.25, -0.2) is 0 Å². The smallest absolute Gasteiger partial charge is 0.230 e. The number of carbonyl (C=O) groups excluding carboxylic acids is 1. The van der Waals surface area contributed by atoms with E-state index in [2.05, 4.69) is 15.6 Å². The van der Waals surface area contributed by atoms with Crippen LogP contribution in [-0.4, -0.2) is 28.0 Å². The second kappa shape index (κ2) is 5.31. The lowest BCUT2D eigenvalue weighted by Gasteiger charge is -2.07. The van der Waals surface area contributed by atoms with Gasteiger partial charge in [-0.2, -0.15) is 0 Å². The zero-order valence-electron chi connectivity index (χ0n) is 10.3. The zero-order valence-corrected chi connectivity index (χ0v) is 10.3. The van der Waals surface area contributed by atoms with Crippen molar-refractivity contribution in [1.82, 2.24) is 15.0 Å². The number of aromatic nitrogens is 3. The predicted octanol–water partition coefficient (Wildman–Crippen LogP) is 1.00. The van der Waals surface area contributed by atoms with Crippen molar-refractivity contribution in [1.29, 1.82) is 0 Å². The molecule has 1 aromatic carbocycles. The Hall–Kier alpha value is -2.37. The Kier molecular flexibility index (Phi) is 3.57. The summed E-state index contributed by atoms with van der Waals surface area (Å²) in [5, 5.41) is 10.2. The molecule has 1 N–H and O–H groups in total. The number of aryl methyl sites for hydroxylation is 1. The van der Waals surface area contributed by atoms with Gasteiger partial charge in [-0.15, -0.1) is 5.10 Å². The summed E-state index contributed by atoms with van der Waals surface area (Å²) in [5.74, 6) is 0.990. The molecular formula is C12H14N4O2. The number of para-hydroxylation sites is 1. The first-order chi connectivity index (χ1) is 8.69. The van der Waals surface area contributed by atoms with Crippen molar-refractivity contribution in [3.8, 4) is 5.75 Å². The molecule has 0 aliphatic carbocycles. The minimum atomic E-state index is -0.153. The molecule has 2 aromatic rings. The summed E-state index contributed by atoms with van der Waals surface area (Å²) < 4.78 is 6.71. The Balaban J connectivity index is 2.03. The maximum atomic E-state index is 11.8. The van der Waals surface area contributed by atoms with Gasteiger partial charge in [0, 0.05) is 12.6 Å². The highest BCUT2D eigenvalue weighted by atomic mass is 16.5. The highest BCUT2D eigenvalue weighted by molar-refractivity contribution is 5.91. The second-order valence-electron chi connectivity index (χ2n) is 3.81. The lowest BCUT2D eigenvalue weighted by Crippen LogP contribution is -2.15. The Morgan fingerprint density at radius 2 is 2.22 bits per heavy atom. The summed E-state index contributed by atoms with van der Waals surface area (Å²) >= 11 is 0. The minimum absolute atomic E-state index is 0.153. The first-order valence-corrected chi connectivity index (χ1v) is 5.47. The number of anilines is 1. The molecule has 1 heterocycles. The molecule has 0 bridgehead atoms. The van der Waals surface area contributed by atoms with Gasteiger partial charge >= 0.3 is 0 Å². The lowest BCUT2D eigenvalue weighted by atomic mass is 10.1. The highest BCUT2D eigenvalue weighted by Crippen LogP contribution is 2.18. The fraction of sp³-hybridized carbons (Fsp3) is 0.250. The maximum absolute atomic E-state index is 11.8. The predicted molar refractivity (Wildman–Crippen MR) is 66.3 cm³/mol. The molecule has 1 aromatic heterocycles. The van der Waals surface area contributed by atoms with E-state index in [1.165, 1.54) is 4.68 Å². The van der Waals surface area contributed by atoms with Crippen molar-refractivity contribution in [3.05, 3.63) is 36.0 Å². The average molecular weight is 246 g/mol. The van der Waals surface area contributed by atoms with Crippen LogP contribution >= 0.6 is 0 Å². The van der Waals surface area contributed by atoms with E-state index in [1.807, 2.05) is 24.3 Å². The van der Waals surface area contributed by atoms with Crippen LogP contribution in [0.2, 0.25) is 0 Å². The molecule has 0 spiro atoms. The Labute approximate surface area is 105 Å². The molecule has 0 unspecified atom stereocenters. The molecule has 0 atom stereocenters. The Bertz CT molecular complexity index is 551. The monoisotopic (exact) mass is 246 g/mol. The van der Waals surface area contributed by atoms with Crippen molar-refractivity contribution >= 4 is 11.7 Å². The number of methoxy groups -OCH3 is 1. The summed E-state index contributed by atoms with van der Waals surface area (Å²) in [6.45, 7) is 0. The number of nitrogens with one attached hydrogen (secondary N) is 1. The van der Waals surface area contributed by atoms with E-state index in [4.69, 9.17) is 4.74 Å². The van der Waals surface area contributed by atoms with E-state index in [0.717, 1.165) is 5.56 Å². The van der Waals surface area contributed by atoms with E-state index in [9.17, 15) is 4.79 Å². The molecule has 6 heteroatoms. The summed E-state index contributed by atoms with van der Waals surface area (Å²) in [7, 11) is 3.32. The third-order valence-electron chi connectivity index (χ3n) is 2.41. The van der Waals surface area contributed by atoms with Crippen LogP contribution in [0.5, 0.6) is 5.75 Å². The minimum Gasteiger partial charge on any atom is -0.496 e. The number of carbonyl (C=O) groups is 1. The van der Waals surface area contributed by atoms with Gasteiger partial charge in [0.2, 0.25) is 5.91 Å². The fourth-order valence-corrected chi connectivity index (χ4v) is 1.61. The standard InChI is InChI=1S/C12H14N4O2/c1-16-8-11(14-15-16)13-12(17)7-9-5-3-4-6-10(9)18-2/h3-6,8H,7H2,1-2H3,(H,13,17). The molecule has 0 saturated heterocycles. The molecular weight excluding hydrogens is 232 g/mol. The lowest BCUT2D eigenvalue weighted by molar-refractivity contribution is -0.115. The topological polar surface area (TPSA) is 69.0 Å². The molecule has 0 aliphatic heterocycles. The van der Waals surface area contributed by atoms with Crippen LogP contribution in [0.25, 0.3) is 0 Å². The van der Waals surface area contributed by atoms with E-state index in [-0.39, 0.29) is 12.3 Å². The first kappa shape index (κ1) is 12.1. The quantitative estimate of drug-likeness (QED) is 0.874. The maximum Gasteiger partial charge on any atom is 0.230 e. The van der Waals surface area contributed by atoms with Crippen molar-refractivity contribution < 1.29 is 9.53 Å². The van der Waals surface area contributed by atoms with Crippen LogP contribution in [0, 0.1) is 0 Å². The van der Waals surface area contributed by atoms with Crippen LogP contribution in [0.1, 0.15) is 5.56 Å². The SMILES string of the molecule is COc1ccccc1CC(=O)Nc1cn(C)nn1. The van der Waals surface area contributed by atoms with Gasteiger partial charge in [-0.05, 0) is 6.07 Å². The van der Waals surface area contributed by atoms with Gasteiger partial charge in [0.1, 0.15) is 5.75 Å². The summed E-state index contributed by atoms with van der Waals surface area (Å²) in [6.07, 6.45) is 1.88. The molecule has 0 saturated carbocycles. The molecule has 6 nitrogen and oxygen atoms in total. The molecule has 0 radical (unpaired) electrons. The van der Waals surface area contributed by atoms with Crippen molar-refractivity contribution in [2.45, 2.75) is 6.42 Å². The van der Waals surface area contributed by atoms with Crippen LogP contribution in [-0.2, 0) is 18.3 Å². The number of hydrogen-bond donors (Lipinski definition) is 1. The number of rotatable bonds is 4. The van der Waals surface area contributed by atoms with Crippen LogP contribution in [0.15, 0.2) is 30.5 Å². The third-order valence-corrected chi connectivity index (χ3v) is 2.41. The fourth-order valence-electron chi connectivity index (χ4n) is 1.61. The molecule has 94 valence electrons. The molecule has 0 aliphatic rings.